The lowest BCUT2D eigenvalue weighted by molar-refractivity contribution is -0.138. The molecule has 2 aromatic rings. The molecule has 2 aromatic heterocycles. The van der Waals surface area contributed by atoms with Gasteiger partial charge in [0, 0.05) is 29.1 Å². The van der Waals surface area contributed by atoms with Crippen molar-refractivity contribution >= 4 is 11.4 Å². The van der Waals surface area contributed by atoms with Crippen LogP contribution in [0.4, 0.5) is 26.3 Å². The van der Waals surface area contributed by atoms with E-state index < -0.39 is 51.7 Å². The van der Waals surface area contributed by atoms with Gasteiger partial charge >= 0.3 is 12.4 Å². The summed E-state index contributed by atoms with van der Waals surface area (Å²) in [6, 6.07) is 2.36. The molecule has 3 rings (SSSR count). The van der Waals surface area contributed by atoms with E-state index in [1.807, 2.05) is 0 Å². The molecular weight excluding hydrogens is 390 g/mol. The third-order valence-corrected chi connectivity index (χ3v) is 3.85. The van der Waals surface area contributed by atoms with Gasteiger partial charge in [-0.05, 0) is 12.1 Å². The highest BCUT2D eigenvalue weighted by Gasteiger charge is 2.39. The van der Waals surface area contributed by atoms with Crippen molar-refractivity contribution in [3.63, 3.8) is 0 Å². The van der Waals surface area contributed by atoms with E-state index in [2.05, 4.69) is 14.8 Å². The van der Waals surface area contributed by atoms with Crippen molar-refractivity contribution in [2.75, 3.05) is 0 Å². The Kier molecular flexibility index (Phi) is 4.19. The van der Waals surface area contributed by atoms with Crippen molar-refractivity contribution in [1.82, 2.24) is 9.97 Å². The van der Waals surface area contributed by atoms with Crippen molar-refractivity contribution < 1.29 is 31.1 Å². The fourth-order valence-corrected chi connectivity index (χ4v) is 2.61. The van der Waals surface area contributed by atoms with Gasteiger partial charge in [-0.15, -0.1) is 0 Å². The molecule has 0 unspecified atom stereocenters. The van der Waals surface area contributed by atoms with E-state index in [-0.39, 0.29) is 11.4 Å². The number of fused-ring (bicyclic) bond motifs is 3. The van der Waals surface area contributed by atoms with Crippen molar-refractivity contribution in [2.24, 2.45) is 0 Å². The molecule has 5 nitrogen and oxygen atoms in total. The fourth-order valence-electron chi connectivity index (χ4n) is 2.61. The summed E-state index contributed by atoms with van der Waals surface area (Å²) in [6.07, 6.45) is -8.82. The molecule has 0 radical (unpaired) electrons. The van der Waals surface area contributed by atoms with Crippen molar-refractivity contribution in [3.8, 4) is 17.5 Å². The minimum absolute atomic E-state index is 0.331. The second kappa shape index (κ2) is 6.16. The number of nitriles is 1. The standard InChI is InChI=1S/C17H4F6N4O/c1-25-11(4-24)12-9-2-7(16(18,19)20)5-26-13(9)14-10(15(12)28)3-8(6-27-14)17(21,22)23/h2-3,5-6H/b12-11-. The number of carbonyl (C=O) groups is 1. The largest absolute Gasteiger partial charge is 0.417 e. The number of aromatic nitrogens is 2. The molecule has 0 amide bonds. The zero-order valence-corrected chi connectivity index (χ0v) is 13.3. The number of carbonyl (C=O) groups excluding carboxylic acids is 1. The minimum Gasteiger partial charge on any atom is -0.290 e. The quantitative estimate of drug-likeness (QED) is 0.285. The molecule has 0 fully saturated rings. The van der Waals surface area contributed by atoms with Gasteiger partial charge in [0.15, 0.2) is 5.78 Å². The molecule has 0 aliphatic heterocycles. The normalized spacial score (nSPS) is 15.2. The maximum atomic E-state index is 13.0. The monoisotopic (exact) mass is 394 g/mol. The molecule has 0 N–H and O–H groups in total. The van der Waals surface area contributed by atoms with E-state index in [0.29, 0.717) is 24.5 Å². The smallest absolute Gasteiger partial charge is 0.290 e. The summed E-state index contributed by atoms with van der Waals surface area (Å²) in [5, 5.41) is 9.07. The average Bonchev–Trinajstić information content (AvgIpc) is 2.62. The Morgan fingerprint density at radius 2 is 1.43 bits per heavy atom. The van der Waals surface area contributed by atoms with Gasteiger partial charge in [0.2, 0.25) is 0 Å². The van der Waals surface area contributed by atoms with Crippen LogP contribution in [0.1, 0.15) is 27.0 Å². The number of hydrogen-bond donors (Lipinski definition) is 0. The second-order valence-corrected chi connectivity index (χ2v) is 5.51. The van der Waals surface area contributed by atoms with Crippen LogP contribution in [0, 0.1) is 17.9 Å². The van der Waals surface area contributed by atoms with E-state index in [1.165, 1.54) is 6.07 Å². The first-order valence-corrected chi connectivity index (χ1v) is 7.20. The van der Waals surface area contributed by atoms with Crippen molar-refractivity contribution in [3.05, 3.63) is 63.9 Å². The van der Waals surface area contributed by atoms with Crippen molar-refractivity contribution in [2.45, 2.75) is 12.4 Å². The van der Waals surface area contributed by atoms with Crippen LogP contribution in [0.3, 0.4) is 0 Å². The summed E-state index contributed by atoms with van der Waals surface area (Å²) in [4.78, 5) is 22.7. The Balaban J connectivity index is 2.41. The van der Waals surface area contributed by atoms with Gasteiger partial charge in [-0.1, -0.05) is 0 Å². The minimum atomic E-state index is -4.84. The van der Waals surface area contributed by atoms with Crippen LogP contribution >= 0.6 is 0 Å². The highest BCUT2D eigenvalue weighted by molar-refractivity contribution is 6.35. The van der Waals surface area contributed by atoms with Gasteiger partial charge in [-0.25, -0.2) is 10.1 Å². The maximum absolute atomic E-state index is 13.0. The van der Waals surface area contributed by atoms with E-state index in [9.17, 15) is 31.1 Å². The molecule has 28 heavy (non-hydrogen) atoms. The molecular formula is C17H4F6N4O. The molecule has 1 aliphatic rings. The molecule has 0 bridgehead atoms. The van der Waals surface area contributed by atoms with Gasteiger partial charge < -0.3 is 0 Å². The van der Waals surface area contributed by atoms with Crippen LogP contribution in [0.5, 0.6) is 0 Å². The molecule has 0 saturated carbocycles. The first kappa shape index (κ1) is 19.0. The Morgan fingerprint density at radius 3 is 1.86 bits per heavy atom. The van der Waals surface area contributed by atoms with Gasteiger partial charge in [-0.2, -0.15) is 26.3 Å². The number of allylic oxidation sites excluding steroid dienone is 2. The Hall–Kier alpha value is -3.73. The van der Waals surface area contributed by atoms with Gasteiger partial charge in [0.05, 0.1) is 29.5 Å². The topological polar surface area (TPSA) is 71.0 Å². The second-order valence-electron chi connectivity index (χ2n) is 5.51. The lowest BCUT2D eigenvalue weighted by Gasteiger charge is -2.22. The number of ketones is 1. The first-order valence-electron chi connectivity index (χ1n) is 7.20. The number of pyridine rings is 2. The Labute approximate surface area is 152 Å². The highest BCUT2D eigenvalue weighted by atomic mass is 19.4. The highest BCUT2D eigenvalue weighted by Crippen LogP contribution is 2.42. The molecule has 0 aromatic carbocycles. The summed E-state index contributed by atoms with van der Waals surface area (Å²) < 4.78 is 77.9. The Bertz CT molecular complexity index is 1120. The van der Waals surface area contributed by atoms with E-state index in [0.717, 1.165) is 0 Å². The summed E-state index contributed by atoms with van der Waals surface area (Å²) in [5.74, 6) is -1.21. The van der Waals surface area contributed by atoms with Crippen LogP contribution in [0.2, 0.25) is 0 Å². The number of rotatable bonds is 0. The predicted molar refractivity (Wildman–Crippen MR) is 80.9 cm³/mol. The molecule has 11 heteroatoms. The number of halogens is 6. The summed E-state index contributed by atoms with van der Waals surface area (Å²) in [7, 11) is 0. The summed E-state index contributed by atoms with van der Waals surface area (Å²) in [6.45, 7) is 6.98. The zero-order valence-electron chi connectivity index (χ0n) is 13.3. The van der Waals surface area contributed by atoms with E-state index in [1.54, 1.807) is 0 Å². The SMILES string of the molecule is [C-]#[N+]/C(C#N)=C1\C(=O)c2cc(C(F)(F)F)cnc2-c2ncc(C(F)(F)F)cc21. The van der Waals surface area contributed by atoms with Crippen molar-refractivity contribution in [1.29, 1.82) is 5.26 Å². The van der Waals surface area contributed by atoms with Gasteiger partial charge in [0.25, 0.3) is 5.70 Å². The third kappa shape index (κ3) is 2.97. The van der Waals surface area contributed by atoms with Crippen LogP contribution in [-0.2, 0) is 12.4 Å². The Morgan fingerprint density at radius 1 is 0.964 bits per heavy atom. The third-order valence-electron chi connectivity index (χ3n) is 3.85. The fraction of sp³-hybridized carbons (Fsp3) is 0.118. The van der Waals surface area contributed by atoms with Crippen LogP contribution in [-0.4, -0.2) is 15.8 Å². The van der Waals surface area contributed by atoms with Gasteiger partial charge in [0.1, 0.15) is 5.69 Å². The predicted octanol–water partition coefficient (Wildman–Crippen LogP) is 4.53. The summed E-state index contributed by atoms with van der Waals surface area (Å²) >= 11 is 0. The molecule has 2 heterocycles. The molecule has 0 atom stereocenters. The molecule has 0 saturated heterocycles. The van der Waals surface area contributed by atoms with Crippen LogP contribution < -0.4 is 0 Å². The maximum Gasteiger partial charge on any atom is 0.417 e. The molecule has 140 valence electrons. The number of alkyl halides is 6. The molecule has 0 spiro atoms. The first-order chi connectivity index (χ1) is 13.0. The average molecular weight is 394 g/mol. The van der Waals surface area contributed by atoms with Crippen LogP contribution in [0.25, 0.3) is 21.8 Å². The lowest BCUT2D eigenvalue weighted by Crippen LogP contribution is -2.19. The van der Waals surface area contributed by atoms with E-state index >= 15 is 0 Å². The van der Waals surface area contributed by atoms with E-state index in [4.69, 9.17) is 11.8 Å². The summed E-state index contributed by atoms with van der Waals surface area (Å²) in [5.41, 5.74) is -5.94. The van der Waals surface area contributed by atoms with Gasteiger partial charge in [-0.3, -0.25) is 14.8 Å². The van der Waals surface area contributed by atoms with Crippen LogP contribution in [0.15, 0.2) is 30.2 Å². The zero-order chi connectivity index (χ0) is 20.9. The number of hydrogen-bond acceptors (Lipinski definition) is 4. The molecule has 1 aliphatic carbocycles. The lowest BCUT2D eigenvalue weighted by atomic mass is 9.84. The number of nitrogens with zero attached hydrogens (tertiary/aromatic N) is 4. The number of Topliss-reactive ketones (excluding diaryl/α,β-unsaturated/α-hetero) is 1.